The number of carbonyl (C=O) groups is 1. The van der Waals surface area contributed by atoms with E-state index >= 15 is 0 Å². The first kappa shape index (κ1) is 19.8. The molecule has 7 nitrogen and oxygen atoms in total. The first-order valence-electron chi connectivity index (χ1n) is 8.38. The zero-order chi connectivity index (χ0) is 20.1. The number of hydrogen-bond donors (Lipinski definition) is 1. The number of aryl methyl sites for hydroxylation is 1. The maximum atomic E-state index is 12.1. The van der Waals surface area contributed by atoms with Crippen LogP contribution in [-0.2, 0) is 11.2 Å². The van der Waals surface area contributed by atoms with Crippen LogP contribution in [0.2, 0.25) is 5.02 Å². The average Bonchev–Trinajstić information content (AvgIpc) is 3.14. The smallest absolute Gasteiger partial charge is 0.278 e. The third kappa shape index (κ3) is 4.65. The highest BCUT2D eigenvalue weighted by molar-refractivity contribution is 7.19. The quantitative estimate of drug-likeness (QED) is 0.433. The number of nitro benzene ring substituents is 1. The maximum Gasteiger partial charge on any atom is 0.278 e. The number of ether oxygens (including phenoxy) is 1. The van der Waals surface area contributed by atoms with Gasteiger partial charge in [0.05, 0.1) is 15.4 Å². The molecule has 0 spiro atoms. The Morgan fingerprint density at radius 3 is 2.82 bits per heavy atom. The number of carbonyl (C=O) groups excluding carboxylic acids is 1. The van der Waals surface area contributed by atoms with E-state index in [2.05, 4.69) is 10.3 Å². The van der Waals surface area contributed by atoms with E-state index < -0.39 is 4.92 Å². The average molecular weight is 418 g/mol. The Kier molecular flexibility index (Phi) is 6.23. The van der Waals surface area contributed by atoms with E-state index in [0.717, 1.165) is 23.3 Å². The predicted molar refractivity (Wildman–Crippen MR) is 109 cm³/mol. The standard InChI is InChI=1S/C19H16ClN3O4S/c1-2-12-7-8-13(9-15(12)20)27-11-18(24)22-19-21-10-17(28-19)14-5-3-4-6-16(14)23(25)26/h3-10H,2,11H2,1H3,(H,21,22,24). The van der Waals surface area contributed by atoms with Crippen molar-refractivity contribution in [3.05, 3.63) is 69.4 Å². The molecule has 28 heavy (non-hydrogen) atoms. The number of thiazole rings is 1. The van der Waals surface area contributed by atoms with Crippen LogP contribution < -0.4 is 10.1 Å². The van der Waals surface area contributed by atoms with Gasteiger partial charge in [-0.05, 0) is 30.2 Å². The Balaban J connectivity index is 1.63. The molecule has 0 aliphatic heterocycles. The van der Waals surface area contributed by atoms with Crippen LogP contribution in [0.25, 0.3) is 10.4 Å². The number of nitrogens with zero attached hydrogens (tertiary/aromatic N) is 2. The fourth-order valence-electron chi connectivity index (χ4n) is 2.51. The summed E-state index contributed by atoms with van der Waals surface area (Å²) in [6, 6.07) is 11.7. The lowest BCUT2D eigenvalue weighted by molar-refractivity contribution is -0.384. The predicted octanol–water partition coefficient (Wildman–Crippen LogP) is 4.95. The van der Waals surface area contributed by atoms with Crippen LogP contribution in [0.1, 0.15) is 12.5 Å². The van der Waals surface area contributed by atoms with Crippen molar-refractivity contribution < 1.29 is 14.5 Å². The number of anilines is 1. The van der Waals surface area contributed by atoms with Crippen molar-refractivity contribution in [3.8, 4) is 16.2 Å². The molecule has 0 radical (unpaired) electrons. The molecule has 0 aliphatic rings. The highest BCUT2D eigenvalue weighted by atomic mass is 35.5. The number of amides is 1. The molecule has 0 saturated heterocycles. The molecule has 3 rings (SSSR count). The minimum absolute atomic E-state index is 0.0141. The van der Waals surface area contributed by atoms with Gasteiger partial charge in [0.25, 0.3) is 11.6 Å². The molecule has 0 unspecified atom stereocenters. The van der Waals surface area contributed by atoms with Gasteiger partial charge >= 0.3 is 0 Å². The minimum atomic E-state index is -0.448. The second-order valence-corrected chi connectivity index (χ2v) is 7.19. The molecular weight excluding hydrogens is 402 g/mol. The summed E-state index contributed by atoms with van der Waals surface area (Å²) in [7, 11) is 0. The molecule has 1 aromatic heterocycles. The molecule has 1 N–H and O–H groups in total. The van der Waals surface area contributed by atoms with Crippen molar-refractivity contribution >= 4 is 39.7 Å². The lowest BCUT2D eigenvalue weighted by Crippen LogP contribution is -2.20. The Labute approximate surface area is 170 Å². The van der Waals surface area contributed by atoms with Gasteiger partial charge in [0, 0.05) is 17.3 Å². The van der Waals surface area contributed by atoms with Crippen molar-refractivity contribution in [3.63, 3.8) is 0 Å². The van der Waals surface area contributed by atoms with Crippen molar-refractivity contribution in [2.75, 3.05) is 11.9 Å². The van der Waals surface area contributed by atoms with Crippen LogP contribution in [0, 0.1) is 10.1 Å². The number of rotatable bonds is 7. The van der Waals surface area contributed by atoms with Crippen LogP contribution in [0.15, 0.2) is 48.7 Å². The van der Waals surface area contributed by atoms with Gasteiger partial charge in [-0.3, -0.25) is 20.2 Å². The van der Waals surface area contributed by atoms with Gasteiger partial charge in [0.15, 0.2) is 11.7 Å². The van der Waals surface area contributed by atoms with E-state index in [4.69, 9.17) is 16.3 Å². The lowest BCUT2D eigenvalue weighted by Gasteiger charge is -2.08. The molecule has 0 aliphatic carbocycles. The summed E-state index contributed by atoms with van der Waals surface area (Å²) in [4.78, 5) is 27.5. The first-order chi connectivity index (χ1) is 13.5. The second kappa shape index (κ2) is 8.81. The monoisotopic (exact) mass is 417 g/mol. The molecule has 2 aromatic carbocycles. The molecule has 0 atom stereocenters. The number of halogens is 1. The highest BCUT2D eigenvalue weighted by Crippen LogP contribution is 2.35. The van der Waals surface area contributed by atoms with Crippen LogP contribution >= 0.6 is 22.9 Å². The number of para-hydroxylation sites is 1. The molecule has 144 valence electrons. The van der Waals surface area contributed by atoms with Crippen LogP contribution in [0.5, 0.6) is 5.75 Å². The van der Waals surface area contributed by atoms with Crippen molar-refractivity contribution in [2.24, 2.45) is 0 Å². The first-order valence-corrected chi connectivity index (χ1v) is 9.58. The van der Waals surface area contributed by atoms with E-state index in [9.17, 15) is 14.9 Å². The van der Waals surface area contributed by atoms with Crippen LogP contribution in [0.3, 0.4) is 0 Å². The topological polar surface area (TPSA) is 94.4 Å². The summed E-state index contributed by atoms with van der Waals surface area (Å²) >= 11 is 7.28. The molecular formula is C19H16ClN3O4S. The molecule has 3 aromatic rings. The van der Waals surface area contributed by atoms with Crippen molar-refractivity contribution in [2.45, 2.75) is 13.3 Å². The van der Waals surface area contributed by atoms with E-state index in [-0.39, 0.29) is 18.2 Å². The largest absolute Gasteiger partial charge is 0.484 e. The summed E-state index contributed by atoms with van der Waals surface area (Å²) in [6.45, 7) is 1.80. The fraction of sp³-hybridized carbons (Fsp3) is 0.158. The van der Waals surface area contributed by atoms with E-state index in [0.29, 0.717) is 26.3 Å². The molecule has 1 amide bonds. The SMILES string of the molecule is CCc1ccc(OCC(=O)Nc2ncc(-c3ccccc3[N+](=O)[O-])s2)cc1Cl. The maximum absolute atomic E-state index is 12.1. The number of nitrogens with one attached hydrogen (secondary N) is 1. The van der Waals surface area contributed by atoms with E-state index in [1.54, 1.807) is 30.3 Å². The Hall–Kier alpha value is -2.97. The van der Waals surface area contributed by atoms with E-state index in [1.807, 2.05) is 13.0 Å². The summed E-state index contributed by atoms with van der Waals surface area (Å²) in [6.07, 6.45) is 2.30. The lowest BCUT2D eigenvalue weighted by atomic mass is 10.1. The van der Waals surface area contributed by atoms with Crippen LogP contribution in [0.4, 0.5) is 10.8 Å². The van der Waals surface area contributed by atoms with Crippen molar-refractivity contribution in [1.29, 1.82) is 0 Å². The third-order valence-electron chi connectivity index (χ3n) is 3.89. The minimum Gasteiger partial charge on any atom is -0.484 e. The zero-order valence-electron chi connectivity index (χ0n) is 14.8. The number of hydrogen-bond acceptors (Lipinski definition) is 6. The molecule has 0 fully saturated rings. The fourth-order valence-corrected chi connectivity index (χ4v) is 3.68. The van der Waals surface area contributed by atoms with Gasteiger partial charge in [0.1, 0.15) is 5.75 Å². The van der Waals surface area contributed by atoms with Gasteiger partial charge in [-0.1, -0.05) is 48.1 Å². The third-order valence-corrected chi connectivity index (χ3v) is 5.19. The summed E-state index contributed by atoms with van der Waals surface area (Å²) in [5, 5.41) is 14.7. The van der Waals surface area contributed by atoms with E-state index in [1.165, 1.54) is 12.3 Å². The molecule has 9 heteroatoms. The Bertz CT molecular complexity index is 1020. The van der Waals surface area contributed by atoms with Gasteiger partial charge < -0.3 is 4.74 Å². The van der Waals surface area contributed by atoms with Crippen molar-refractivity contribution in [1.82, 2.24) is 4.98 Å². The van der Waals surface area contributed by atoms with Gasteiger partial charge in [0.2, 0.25) is 0 Å². The van der Waals surface area contributed by atoms with Crippen LogP contribution in [-0.4, -0.2) is 22.4 Å². The summed E-state index contributed by atoms with van der Waals surface area (Å²) in [5.41, 5.74) is 1.44. The Morgan fingerprint density at radius 2 is 2.11 bits per heavy atom. The second-order valence-electron chi connectivity index (χ2n) is 5.75. The van der Waals surface area contributed by atoms with Gasteiger partial charge in [-0.2, -0.15) is 0 Å². The number of aromatic nitrogens is 1. The summed E-state index contributed by atoms with van der Waals surface area (Å²) < 4.78 is 5.45. The molecule has 0 saturated carbocycles. The van der Waals surface area contributed by atoms with Gasteiger partial charge in [-0.15, -0.1) is 0 Å². The number of nitro groups is 1. The summed E-state index contributed by atoms with van der Waals surface area (Å²) in [5.74, 6) is 0.108. The Morgan fingerprint density at radius 1 is 1.32 bits per heavy atom. The highest BCUT2D eigenvalue weighted by Gasteiger charge is 2.17. The molecule has 1 heterocycles. The van der Waals surface area contributed by atoms with Gasteiger partial charge in [-0.25, -0.2) is 4.98 Å². The zero-order valence-corrected chi connectivity index (χ0v) is 16.4. The normalized spacial score (nSPS) is 10.5. The molecule has 0 bridgehead atoms. The number of benzene rings is 2.